The summed E-state index contributed by atoms with van der Waals surface area (Å²) in [5, 5.41) is 12.3. The molecule has 12 heteroatoms. The van der Waals surface area contributed by atoms with Gasteiger partial charge < -0.3 is 10.8 Å². The van der Waals surface area contributed by atoms with Crippen molar-refractivity contribution >= 4 is 82.9 Å². The van der Waals surface area contributed by atoms with Gasteiger partial charge in [0, 0.05) is 0 Å². The fourth-order valence-corrected chi connectivity index (χ4v) is 3.68. The summed E-state index contributed by atoms with van der Waals surface area (Å²) in [4.78, 5) is 27.8. The second-order valence-corrected chi connectivity index (χ2v) is 7.18. The fraction of sp³-hybridized carbons (Fsp3) is 0. The number of anilines is 2. The number of nitrogens with one attached hydrogen (secondary N) is 1. The summed E-state index contributed by atoms with van der Waals surface area (Å²) in [6, 6.07) is 6.79. The van der Waals surface area contributed by atoms with E-state index in [0.29, 0.717) is 30.9 Å². The Morgan fingerprint density at radius 3 is 2.12 bits per heavy atom. The van der Waals surface area contributed by atoms with E-state index in [-0.39, 0.29) is 0 Å². The quantitative estimate of drug-likeness (QED) is 0.394. The van der Waals surface area contributed by atoms with Gasteiger partial charge in [-0.1, -0.05) is 45.9 Å². The smallest absolute Gasteiger partial charge is 0.410 e. The highest BCUT2D eigenvalue weighted by molar-refractivity contribution is 7.22. The number of hydrogen-bond acceptors (Lipinski definition) is 8. The first-order valence-electron chi connectivity index (χ1n) is 6.52. The van der Waals surface area contributed by atoms with E-state index >= 15 is 0 Å². The third-order valence-electron chi connectivity index (χ3n) is 2.67. The van der Waals surface area contributed by atoms with Crippen LogP contribution in [0.25, 0.3) is 20.7 Å². The van der Waals surface area contributed by atoms with Crippen LogP contribution in [0.3, 0.4) is 0 Å². The molecule has 4 aromatic rings. The minimum Gasteiger partial charge on any atom is -0.465 e. The summed E-state index contributed by atoms with van der Waals surface area (Å²) >= 11 is 13.8. The summed E-state index contributed by atoms with van der Waals surface area (Å²) in [5.74, 6) is 0. The van der Waals surface area contributed by atoms with Gasteiger partial charge >= 0.3 is 6.09 Å². The van der Waals surface area contributed by atoms with Crippen molar-refractivity contribution < 1.29 is 9.90 Å². The van der Waals surface area contributed by atoms with Gasteiger partial charge in [0.2, 0.25) is 0 Å². The molecule has 4 aromatic heterocycles. The molecule has 0 radical (unpaired) electrons. The second-order valence-electron chi connectivity index (χ2n) is 4.42. The van der Waals surface area contributed by atoms with E-state index in [0.717, 1.165) is 21.7 Å². The molecule has 0 atom stereocenters. The SMILES string of the molecule is Nc1nc2ccc(Cl)nc2s1.O=C(O)Nc1nc2ccc(Cl)nc2s1. The maximum atomic E-state index is 10.3. The molecule has 0 fully saturated rings. The Balaban J connectivity index is 0.000000150. The van der Waals surface area contributed by atoms with Gasteiger partial charge in [0.25, 0.3) is 0 Å². The molecule has 25 heavy (non-hydrogen) atoms. The van der Waals surface area contributed by atoms with Gasteiger partial charge in [-0.15, -0.1) is 0 Å². The molecule has 0 unspecified atom stereocenters. The van der Waals surface area contributed by atoms with Gasteiger partial charge in [-0.3, -0.25) is 5.32 Å². The van der Waals surface area contributed by atoms with Crippen LogP contribution in [0.15, 0.2) is 24.3 Å². The number of fused-ring (bicyclic) bond motifs is 2. The van der Waals surface area contributed by atoms with Crippen LogP contribution in [0.2, 0.25) is 10.3 Å². The van der Waals surface area contributed by atoms with E-state index in [9.17, 15) is 4.79 Å². The van der Waals surface area contributed by atoms with Crippen molar-refractivity contribution in [3.05, 3.63) is 34.6 Å². The van der Waals surface area contributed by atoms with Gasteiger partial charge in [0.15, 0.2) is 10.3 Å². The normalized spacial score (nSPS) is 10.5. The van der Waals surface area contributed by atoms with Crippen molar-refractivity contribution in [2.45, 2.75) is 0 Å². The van der Waals surface area contributed by atoms with E-state index in [1.807, 2.05) is 0 Å². The monoisotopic (exact) mass is 414 g/mol. The number of nitrogen functional groups attached to an aromatic ring is 1. The molecular weight excluding hydrogens is 407 g/mol. The molecule has 8 nitrogen and oxygen atoms in total. The van der Waals surface area contributed by atoms with E-state index in [1.165, 1.54) is 11.3 Å². The Kier molecular flexibility index (Phi) is 5.13. The van der Waals surface area contributed by atoms with Crippen molar-refractivity contribution in [3.8, 4) is 0 Å². The molecule has 1 amide bonds. The number of amides is 1. The first kappa shape index (κ1) is 17.5. The minimum absolute atomic E-state index is 0.294. The molecule has 0 aliphatic heterocycles. The highest BCUT2D eigenvalue weighted by Gasteiger charge is 2.07. The molecule has 0 aromatic carbocycles. The average Bonchev–Trinajstić information content (AvgIpc) is 3.07. The lowest BCUT2D eigenvalue weighted by Crippen LogP contribution is -2.06. The lowest BCUT2D eigenvalue weighted by Gasteiger charge is -1.89. The van der Waals surface area contributed by atoms with Gasteiger partial charge in [0.05, 0.1) is 0 Å². The van der Waals surface area contributed by atoms with Crippen molar-refractivity contribution in [2.75, 3.05) is 11.1 Å². The van der Waals surface area contributed by atoms with Crippen LogP contribution in [0.5, 0.6) is 0 Å². The van der Waals surface area contributed by atoms with Crippen LogP contribution in [0.4, 0.5) is 15.1 Å². The number of hydrogen-bond donors (Lipinski definition) is 3. The van der Waals surface area contributed by atoms with E-state index in [1.54, 1.807) is 24.3 Å². The number of rotatable bonds is 1. The Morgan fingerprint density at radius 1 is 0.960 bits per heavy atom. The Bertz CT molecular complexity index is 1070. The largest absolute Gasteiger partial charge is 0.465 e. The van der Waals surface area contributed by atoms with Crippen molar-refractivity contribution in [2.24, 2.45) is 0 Å². The maximum absolute atomic E-state index is 10.3. The number of aromatic nitrogens is 4. The first-order valence-corrected chi connectivity index (χ1v) is 8.91. The van der Waals surface area contributed by atoms with Gasteiger partial charge in [0.1, 0.15) is 31.0 Å². The highest BCUT2D eigenvalue weighted by atomic mass is 35.5. The van der Waals surface area contributed by atoms with Crippen LogP contribution >= 0.6 is 45.9 Å². The lowest BCUT2D eigenvalue weighted by molar-refractivity contribution is 0.210. The van der Waals surface area contributed by atoms with E-state index in [2.05, 4.69) is 25.3 Å². The summed E-state index contributed by atoms with van der Waals surface area (Å²) in [5.41, 5.74) is 6.90. The summed E-state index contributed by atoms with van der Waals surface area (Å²) < 4.78 is 0. The number of halogens is 2. The topological polar surface area (TPSA) is 127 Å². The second kappa shape index (κ2) is 7.31. The van der Waals surface area contributed by atoms with Crippen LogP contribution in [0.1, 0.15) is 0 Å². The molecule has 4 heterocycles. The summed E-state index contributed by atoms with van der Waals surface area (Å²) in [6.45, 7) is 0. The number of thiazole rings is 2. The predicted octanol–water partition coefficient (Wildman–Crippen LogP) is 4.36. The zero-order valence-electron chi connectivity index (χ0n) is 12.1. The Hall–Kier alpha value is -2.27. The minimum atomic E-state index is -1.14. The standard InChI is InChI=1S/C7H4ClN3O2S.C6H4ClN3S/c8-4-2-1-3-5(10-4)14-6(9-3)11-7(12)13;7-4-2-1-3-5(10-4)11-6(8)9-3/h1-2H,(H,9,11)(H,12,13);1-2H,(H2,8,9). The number of nitrogens with two attached hydrogens (primary N) is 1. The van der Waals surface area contributed by atoms with Gasteiger partial charge in [-0.05, 0) is 24.3 Å². The molecule has 0 aliphatic carbocycles. The predicted molar refractivity (Wildman–Crippen MR) is 101 cm³/mol. The van der Waals surface area contributed by atoms with Crippen LogP contribution in [-0.4, -0.2) is 31.1 Å². The first-order chi connectivity index (χ1) is 11.9. The number of nitrogens with zero attached hydrogens (tertiary/aromatic N) is 4. The molecular formula is C13H8Cl2N6O2S2. The molecule has 0 saturated carbocycles. The molecule has 0 saturated heterocycles. The third-order valence-corrected chi connectivity index (χ3v) is 4.77. The number of carbonyl (C=O) groups is 1. The third kappa shape index (κ3) is 4.42. The zero-order chi connectivity index (χ0) is 18.0. The zero-order valence-corrected chi connectivity index (χ0v) is 15.2. The highest BCUT2D eigenvalue weighted by Crippen LogP contribution is 2.25. The van der Waals surface area contributed by atoms with Crippen molar-refractivity contribution in [1.29, 1.82) is 0 Å². The van der Waals surface area contributed by atoms with Crippen molar-refractivity contribution in [1.82, 2.24) is 19.9 Å². The number of carboxylic acid groups (broad SMARTS) is 1. The van der Waals surface area contributed by atoms with Crippen LogP contribution in [0, 0.1) is 0 Å². The average molecular weight is 415 g/mol. The van der Waals surface area contributed by atoms with Crippen molar-refractivity contribution in [3.63, 3.8) is 0 Å². The molecule has 4 rings (SSSR count). The molecule has 0 spiro atoms. The molecule has 128 valence electrons. The van der Waals surface area contributed by atoms with Crippen LogP contribution in [-0.2, 0) is 0 Å². The Morgan fingerprint density at radius 2 is 1.52 bits per heavy atom. The number of pyridine rings is 2. The van der Waals surface area contributed by atoms with E-state index in [4.69, 9.17) is 34.0 Å². The van der Waals surface area contributed by atoms with Gasteiger partial charge in [-0.25, -0.2) is 24.7 Å². The summed E-state index contributed by atoms with van der Waals surface area (Å²) in [7, 11) is 0. The molecule has 4 N–H and O–H groups in total. The molecule has 0 aliphatic rings. The lowest BCUT2D eigenvalue weighted by atomic mass is 10.5. The summed E-state index contributed by atoms with van der Waals surface area (Å²) in [6.07, 6.45) is -1.14. The fourth-order valence-electron chi connectivity index (χ4n) is 1.75. The van der Waals surface area contributed by atoms with E-state index < -0.39 is 6.09 Å². The van der Waals surface area contributed by atoms with Gasteiger partial charge in [-0.2, -0.15) is 0 Å². The van der Waals surface area contributed by atoms with Crippen LogP contribution < -0.4 is 11.1 Å². The maximum Gasteiger partial charge on any atom is 0.410 e. The molecule has 0 bridgehead atoms. The Labute approximate surface area is 158 Å².